The topological polar surface area (TPSA) is 85.0 Å². The summed E-state index contributed by atoms with van der Waals surface area (Å²) < 4.78 is 6.29. The van der Waals surface area contributed by atoms with Gasteiger partial charge in [0.25, 0.3) is 5.69 Å². The molecule has 1 aliphatic heterocycles. The monoisotopic (exact) mass is 412 g/mol. The van der Waals surface area contributed by atoms with Crippen molar-refractivity contribution in [3.05, 3.63) is 69.8 Å². The number of nitro benzene ring substituents is 1. The SMILES string of the molecule is CC(C)(C)[Si](C)(C)OCC[C@]1(O)C(c2ccccc2[N+](=O)[O-])=Nc2ccccc21. The molecular formula is C22H28N2O4Si. The van der Waals surface area contributed by atoms with Gasteiger partial charge in [0.15, 0.2) is 8.32 Å². The molecule has 29 heavy (non-hydrogen) atoms. The fraction of sp³-hybridized carbons (Fsp3) is 0.409. The molecule has 0 aromatic heterocycles. The van der Waals surface area contributed by atoms with Crippen molar-refractivity contribution in [1.82, 2.24) is 0 Å². The van der Waals surface area contributed by atoms with Gasteiger partial charge in [-0.05, 0) is 30.3 Å². The van der Waals surface area contributed by atoms with Crippen LogP contribution in [0.2, 0.25) is 18.1 Å². The van der Waals surface area contributed by atoms with Crippen molar-refractivity contribution in [3.8, 4) is 0 Å². The fourth-order valence-electron chi connectivity index (χ4n) is 3.30. The highest BCUT2D eigenvalue weighted by Crippen LogP contribution is 2.45. The van der Waals surface area contributed by atoms with Crippen molar-refractivity contribution in [3.63, 3.8) is 0 Å². The van der Waals surface area contributed by atoms with Gasteiger partial charge >= 0.3 is 0 Å². The molecule has 0 saturated heterocycles. The predicted octanol–water partition coefficient (Wildman–Crippen LogP) is 5.33. The van der Waals surface area contributed by atoms with Gasteiger partial charge in [-0.1, -0.05) is 51.1 Å². The maximum absolute atomic E-state index is 11.7. The molecule has 0 radical (unpaired) electrons. The second kappa shape index (κ2) is 7.48. The van der Waals surface area contributed by atoms with Gasteiger partial charge < -0.3 is 9.53 Å². The lowest BCUT2D eigenvalue weighted by Gasteiger charge is -2.37. The quantitative estimate of drug-likeness (QED) is 0.395. The lowest BCUT2D eigenvalue weighted by atomic mass is 9.84. The smallest absolute Gasteiger partial charge is 0.278 e. The summed E-state index contributed by atoms with van der Waals surface area (Å²) in [6, 6.07) is 13.7. The Morgan fingerprint density at radius 2 is 1.76 bits per heavy atom. The molecule has 1 atom stereocenters. The highest BCUT2D eigenvalue weighted by molar-refractivity contribution is 6.74. The molecule has 0 saturated carbocycles. The Hall–Kier alpha value is -2.35. The molecule has 0 unspecified atom stereocenters. The van der Waals surface area contributed by atoms with Gasteiger partial charge in [-0.2, -0.15) is 0 Å². The summed E-state index contributed by atoms with van der Waals surface area (Å²) in [5.74, 6) is 0. The Morgan fingerprint density at radius 3 is 2.41 bits per heavy atom. The first kappa shape index (κ1) is 21.4. The van der Waals surface area contributed by atoms with Crippen LogP contribution in [0.1, 0.15) is 38.3 Å². The molecule has 0 aliphatic carbocycles. The van der Waals surface area contributed by atoms with E-state index in [1.807, 2.05) is 24.3 Å². The highest BCUT2D eigenvalue weighted by Gasteiger charge is 2.45. The van der Waals surface area contributed by atoms with Crippen LogP contribution in [0.3, 0.4) is 0 Å². The predicted molar refractivity (Wildman–Crippen MR) is 117 cm³/mol. The maximum atomic E-state index is 11.7. The van der Waals surface area contributed by atoms with Crippen molar-refractivity contribution < 1.29 is 14.5 Å². The minimum absolute atomic E-state index is 0.0539. The van der Waals surface area contributed by atoms with E-state index in [2.05, 4.69) is 38.9 Å². The van der Waals surface area contributed by atoms with E-state index in [1.165, 1.54) is 6.07 Å². The maximum Gasteiger partial charge on any atom is 0.278 e. The first-order chi connectivity index (χ1) is 13.5. The fourth-order valence-corrected chi connectivity index (χ4v) is 4.35. The number of nitro groups is 1. The minimum atomic E-state index is -1.99. The van der Waals surface area contributed by atoms with Crippen molar-refractivity contribution >= 4 is 25.4 Å². The third kappa shape index (κ3) is 3.90. The Labute approximate surface area is 172 Å². The van der Waals surface area contributed by atoms with Gasteiger partial charge in [-0.3, -0.25) is 10.1 Å². The summed E-state index contributed by atoms with van der Waals surface area (Å²) in [7, 11) is -1.99. The Morgan fingerprint density at radius 1 is 1.14 bits per heavy atom. The second-order valence-electron chi connectivity index (χ2n) is 8.97. The largest absolute Gasteiger partial charge is 0.417 e. The summed E-state index contributed by atoms with van der Waals surface area (Å²) in [6.07, 6.45) is 0.279. The van der Waals surface area contributed by atoms with Crippen molar-refractivity contribution in [2.24, 2.45) is 4.99 Å². The van der Waals surface area contributed by atoms with Gasteiger partial charge in [-0.15, -0.1) is 0 Å². The molecule has 3 rings (SSSR count). The van der Waals surface area contributed by atoms with E-state index in [9.17, 15) is 15.2 Å². The van der Waals surface area contributed by atoms with Crippen LogP contribution in [-0.2, 0) is 10.0 Å². The van der Waals surface area contributed by atoms with Gasteiger partial charge in [0.2, 0.25) is 0 Å². The zero-order chi connectivity index (χ0) is 21.4. The Bertz CT molecular complexity index is 965. The Balaban J connectivity index is 1.98. The number of aliphatic imine (C=N–C) groups is 1. The number of rotatable bonds is 6. The summed E-state index contributed by atoms with van der Waals surface area (Å²) >= 11 is 0. The highest BCUT2D eigenvalue weighted by atomic mass is 28.4. The van der Waals surface area contributed by atoms with Gasteiger partial charge in [-0.25, -0.2) is 4.99 Å². The minimum Gasteiger partial charge on any atom is -0.417 e. The number of benzene rings is 2. The van der Waals surface area contributed by atoms with E-state index < -0.39 is 18.8 Å². The van der Waals surface area contributed by atoms with Crippen LogP contribution < -0.4 is 0 Å². The first-order valence-corrected chi connectivity index (χ1v) is 12.7. The molecule has 1 heterocycles. The van der Waals surface area contributed by atoms with Gasteiger partial charge in [0.05, 0.1) is 21.9 Å². The normalized spacial score (nSPS) is 19.0. The van der Waals surface area contributed by atoms with E-state index in [0.717, 1.165) is 0 Å². The van der Waals surface area contributed by atoms with Gasteiger partial charge in [0, 0.05) is 24.7 Å². The summed E-state index contributed by atoms with van der Waals surface area (Å²) in [6.45, 7) is 11.2. The molecule has 2 aromatic carbocycles. The molecule has 1 N–H and O–H groups in total. The lowest BCUT2D eigenvalue weighted by Crippen LogP contribution is -2.43. The molecule has 2 aromatic rings. The molecule has 0 bridgehead atoms. The molecule has 0 spiro atoms. The number of hydrogen-bond acceptors (Lipinski definition) is 5. The van der Waals surface area contributed by atoms with E-state index in [4.69, 9.17) is 4.43 Å². The number of nitrogens with zero attached hydrogens (tertiary/aromatic N) is 2. The van der Waals surface area contributed by atoms with E-state index in [-0.39, 0.29) is 17.1 Å². The van der Waals surface area contributed by atoms with Crippen LogP contribution in [0.4, 0.5) is 11.4 Å². The standard InChI is InChI=1S/C22H28N2O4Si/c1-21(2,3)29(4,5)28-15-14-22(25)17-11-7-8-12-18(17)23-20(22)16-10-6-9-13-19(16)24(26)27/h6-13,25H,14-15H2,1-5H3/t22-/m1/s1. The molecule has 7 heteroatoms. The van der Waals surface area contributed by atoms with Crippen molar-refractivity contribution in [2.75, 3.05) is 6.61 Å². The number of para-hydroxylation sites is 2. The van der Waals surface area contributed by atoms with Crippen LogP contribution in [0.25, 0.3) is 0 Å². The van der Waals surface area contributed by atoms with Crippen molar-refractivity contribution in [1.29, 1.82) is 0 Å². The lowest BCUT2D eigenvalue weighted by molar-refractivity contribution is -0.385. The average molecular weight is 413 g/mol. The second-order valence-corrected chi connectivity index (χ2v) is 13.8. The molecule has 0 amide bonds. The third-order valence-electron chi connectivity index (χ3n) is 6.06. The van der Waals surface area contributed by atoms with Crippen LogP contribution in [0, 0.1) is 10.1 Å². The summed E-state index contributed by atoms with van der Waals surface area (Å²) in [5.41, 5.74) is 0.434. The average Bonchev–Trinajstić information content (AvgIpc) is 2.93. The first-order valence-electron chi connectivity index (χ1n) is 9.76. The number of fused-ring (bicyclic) bond motifs is 1. The zero-order valence-electron chi connectivity index (χ0n) is 17.6. The van der Waals surface area contributed by atoms with Gasteiger partial charge in [0.1, 0.15) is 5.60 Å². The molecule has 154 valence electrons. The molecule has 1 aliphatic rings. The van der Waals surface area contributed by atoms with E-state index >= 15 is 0 Å². The van der Waals surface area contributed by atoms with Crippen molar-refractivity contribution in [2.45, 2.75) is 50.9 Å². The molecule has 6 nitrogen and oxygen atoms in total. The number of aliphatic hydroxyl groups is 1. The number of hydrogen-bond donors (Lipinski definition) is 1. The summed E-state index contributed by atoms with van der Waals surface area (Å²) in [4.78, 5) is 15.7. The zero-order valence-corrected chi connectivity index (χ0v) is 18.6. The summed E-state index contributed by atoms with van der Waals surface area (Å²) in [5, 5.41) is 23.4. The van der Waals surface area contributed by atoms with E-state index in [0.29, 0.717) is 29.1 Å². The van der Waals surface area contributed by atoms with Crippen LogP contribution >= 0.6 is 0 Å². The Kier molecular flexibility index (Phi) is 5.51. The molecular weight excluding hydrogens is 384 g/mol. The molecule has 0 fully saturated rings. The third-order valence-corrected chi connectivity index (χ3v) is 10.6. The van der Waals surface area contributed by atoms with Crippen LogP contribution in [0.5, 0.6) is 0 Å². The van der Waals surface area contributed by atoms with Crippen LogP contribution in [0.15, 0.2) is 53.5 Å². The van der Waals surface area contributed by atoms with Crippen LogP contribution in [-0.4, -0.2) is 30.7 Å². The van der Waals surface area contributed by atoms with E-state index in [1.54, 1.807) is 18.2 Å².